The molecule has 1 aromatic rings. The van der Waals surface area contributed by atoms with E-state index in [4.69, 9.17) is 5.41 Å². The van der Waals surface area contributed by atoms with Gasteiger partial charge in [0.1, 0.15) is 0 Å². The summed E-state index contributed by atoms with van der Waals surface area (Å²) in [5.41, 5.74) is 1.56. The van der Waals surface area contributed by atoms with Gasteiger partial charge in [-0.05, 0) is 6.07 Å². The lowest BCUT2D eigenvalue weighted by Gasteiger charge is -1.94. The average Bonchev–Trinajstić information content (AvgIpc) is 2.04. The van der Waals surface area contributed by atoms with E-state index in [9.17, 15) is 0 Å². The molecule has 0 aromatic carbocycles. The molecule has 0 fully saturated rings. The van der Waals surface area contributed by atoms with Gasteiger partial charge in [-0.15, -0.1) is 0 Å². The van der Waals surface area contributed by atoms with Crippen LogP contribution in [0.4, 0.5) is 0 Å². The van der Waals surface area contributed by atoms with Crippen molar-refractivity contribution in [3.63, 3.8) is 0 Å². The van der Waals surface area contributed by atoms with E-state index < -0.39 is 0 Å². The molecule has 10 heavy (non-hydrogen) atoms. The summed E-state index contributed by atoms with van der Waals surface area (Å²) in [7, 11) is 0. The third-order valence-electron chi connectivity index (χ3n) is 1.23. The molecular weight excluding hydrogens is 124 g/mol. The van der Waals surface area contributed by atoms with E-state index in [1.165, 1.54) is 6.21 Å². The second-order valence-electron chi connectivity index (χ2n) is 1.83. The van der Waals surface area contributed by atoms with Crippen LogP contribution in [0, 0.1) is 5.41 Å². The van der Waals surface area contributed by atoms with Gasteiger partial charge in [0, 0.05) is 18.0 Å². The van der Waals surface area contributed by atoms with E-state index in [0.717, 1.165) is 5.56 Å². The van der Waals surface area contributed by atoms with Gasteiger partial charge in [0.2, 0.25) is 0 Å². The maximum atomic E-state index is 6.95. The third kappa shape index (κ3) is 1.10. The van der Waals surface area contributed by atoms with Crippen molar-refractivity contribution < 1.29 is 0 Å². The Balaban J connectivity index is 3.20. The quantitative estimate of drug-likeness (QED) is 0.611. The van der Waals surface area contributed by atoms with Crippen LogP contribution in [-0.2, 0) is 0 Å². The standard InChI is InChI=1S/C8H8N2/c1-2-7-4-3-5-10-8(7)6-9/h2-6,9H,1H2. The maximum absolute atomic E-state index is 6.95. The van der Waals surface area contributed by atoms with Crippen molar-refractivity contribution in [2.45, 2.75) is 0 Å². The molecule has 1 rings (SSSR count). The first-order valence-electron chi connectivity index (χ1n) is 2.96. The van der Waals surface area contributed by atoms with Crippen LogP contribution in [0.1, 0.15) is 11.3 Å². The van der Waals surface area contributed by atoms with Crippen LogP contribution in [-0.4, -0.2) is 11.2 Å². The molecule has 0 spiro atoms. The topological polar surface area (TPSA) is 36.7 Å². The minimum Gasteiger partial charge on any atom is -0.306 e. The lowest BCUT2D eigenvalue weighted by Crippen LogP contribution is -1.88. The van der Waals surface area contributed by atoms with Gasteiger partial charge in [-0.2, -0.15) is 0 Å². The third-order valence-corrected chi connectivity index (χ3v) is 1.23. The Kier molecular flexibility index (Phi) is 1.95. The fourth-order valence-corrected chi connectivity index (χ4v) is 0.723. The van der Waals surface area contributed by atoms with E-state index in [1.54, 1.807) is 12.3 Å². The summed E-state index contributed by atoms with van der Waals surface area (Å²) in [6.07, 6.45) is 4.57. The smallest absolute Gasteiger partial charge is 0.0877 e. The number of pyridine rings is 1. The van der Waals surface area contributed by atoms with E-state index >= 15 is 0 Å². The second-order valence-corrected chi connectivity index (χ2v) is 1.83. The normalized spacial score (nSPS) is 8.80. The molecule has 0 amide bonds. The Labute approximate surface area is 59.7 Å². The van der Waals surface area contributed by atoms with E-state index in [2.05, 4.69) is 11.6 Å². The molecule has 2 nitrogen and oxygen atoms in total. The highest BCUT2D eigenvalue weighted by Crippen LogP contribution is 2.02. The molecular formula is C8H8N2. The van der Waals surface area contributed by atoms with E-state index in [1.807, 2.05) is 12.1 Å². The zero-order valence-electron chi connectivity index (χ0n) is 5.54. The highest BCUT2D eigenvalue weighted by molar-refractivity contribution is 5.80. The summed E-state index contributed by atoms with van der Waals surface area (Å²) in [4.78, 5) is 3.95. The maximum Gasteiger partial charge on any atom is 0.0877 e. The molecule has 0 saturated carbocycles. The summed E-state index contributed by atoms with van der Waals surface area (Å²) >= 11 is 0. The summed E-state index contributed by atoms with van der Waals surface area (Å²) in [5, 5.41) is 6.95. The molecule has 1 heterocycles. The lowest BCUT2D eigenvalue weighted by molar-refractivity contribution is 1.28. The Morgan fingerprint density at radius 3 is 2.90 bits per heavy atom. The molecule has 0 aliphatic heterocycles. The van der Waals surface area contributed by atoms with Crippen LogP contribution in [0.15, 0.2) is 24.9 Å². The largest absolute Gasteiger partial charge is 0.306 e. The first-order chi connectivity index (χ1) is 4.88. The molecule has 0 atom stereocenters. The van der Waals surface area contributed by atoms with Crippen molar-refractivity contribution in [1.29, 1.82) is 5.41 Å². The van der Waals surface area contributed by atoms with Crippen LogP contribution in [0.5, 0.6) is 0 Å². The molecule has 0 aliphatic carbocycles. The molecule has 0 aliphatic rings. The van der Waals surface area contributed by atoms with Crippen molar-refractivity contribution in [3.05, 3.63) is 36.2 Å². The van der Waals surface area contributed by atoms with Gasteiger partial charge in [-0.25, -0.2) is 0 Å². The molecule has 0 radical (unpaired) electrons. The fraction of sp³-hybridized carbons (Fsp3) is 0. The summed E-state index contributed by atoms with van der Waals surface area (Å²) in [6.45, 7) is 3.60. The minimum absolute atomic E-state index is 0.664. The molecule has 0 bridgehead atoms. The van der Waals surface area contributed by atoms with Crippen LogP contribution < -0.4 is 0 Å². The van der Waals surface area contributed by atoms with Gasteiger partial charge in [-0.3, -0.25) is 4.98 Å². The number of aromatic nitrogens is 1. The lowest BCUT2D eigenvalue weighted by atomic mass is 10.2. The molecule has 50 valence electrons. The first kappa shape index (κ1) is 6.68. The fourth-order valence-electron chi connectivity index (χ4n) is 0.723. The first-order valence-corrected chi connectivity index (χ1v) is 2.96. The Morgan fingerprint density at radius 1 is 1.60 bits per heavy atom. The number of nitrogens with zero attached hydrogens (tertiary/aromatic N) is 1. The zero-order valence-corrected chi connectivity index (χ0v) is 5.54. The predicted molar refractivity (Wildman–Crippen MR) is 42.2 cm³/mol. The second kappa shape index (κ2) is 2.92. The highest BCUT2D eigenvalue weighted by Gasteiger charge is 1.92. The zero-order chi connectivity index (χ0) is 7.40. The van der Waals surface area contributed by atoms with Crippen LogP contribution >= 0.6 is 0 Å². The van der Waals surface area contributed by atoms with Gasteiger partial charge in [0.05, 0.1) is 5.69 Å². The van der Waals surface area contributed by atoms with Gasteiger partial charge < -0.3 is 5.41 Å². The molecule has 1 N–H and O–H groups in total. The number of hydrogen-bond donors (Lipinski definition) is 1. The molecule has 0 unspecified atom stereocenters. The summed E-state index contributed by atoms with van der Waals surface area (Å²) in [5.74, 6) is 0. The highest BCUT2D eigenvalue weighted by atomic mass is 14.7. The van der Waals surface area contributed by atoms with E-state index in [0.29, 0.717) is 5.69 Å². The van der Waals surface area contributed by atoms with Crippen molar-refractivity contribution in [3.8, 4) is 0 Å². The van der Waals surface area contributed by atoms with Crippen molar-refractivity contribution in [2.24, 2.45) is 0 Å². The Morgan fingerprint density at radius 2 is 2.40 bits per heavy atom. The van der Waals surface area contributed by atoms with Gasteiger partial charge in [-0.1, -0.05) is 18.7 Å². The van der Waals surface area contributed by atoms with Crippen molar-refractivity contribution in [1.82, 2.24) is 4.98 Å². The van der Waals surface area contributed by atoms with Gasteiger partial charge >= 0.3 is 0 Å². The van der Waals surface area contributed by atoms with E-state index in [-0.39, 0.29) is 0 Å². The number of hydrogen-bond acceptors (Lipinski definition) is 2. The van der Waals surface area contributed by atoms with Crippen molar-refractivity contribution >= 4 is 12.3 Å². The monoisotopic (exact) mass is 132 g/mol. The molecule has 1 aromatic heterocycles. The minimum atomic E-state index is 0.664. The van der Waals surface area contributed by atoms with Crippen LogP contribution in [0.2, 0.25) is 0 Å². The van der Waals surface area contributed by atoms with Gasteiger partial charge in [0.15, 0.2) is 0 Å². The summed E-state index contributed by atoms with van der Waals surface area (Å²) in [6, 6.07) is 3.70. The summed E-state index contributed by atoms with van der Waals surface area (Å²) < 4.78 is 0. The SMILES string of the molecule is C=Cc1cccnc1C=N. The van der Waals surface area contributed by atoms with Crippen LogP contribution in [0.3, 0.4) is 0 Å². The Hall–Kier alpha value is -1.44. The Bertz CT molecular complexity index is 226. The predicted octanol–water partition coefficient (Wildman–Crippen LogP) is 1.72. The molecule has 0 saturated heterocycles. The van der Waals surface area contributed by atoms with Gasteiger partial charge in [0.25, 0.3) is 0 Å². The number of nitrogens with one attached hydrogen (secondary N) is 1. The number of rotatable bonds is 2. The van der Waals surface area contributed by atoms with Crippen LogP contribution in [0.25, 0.3) is 6.08 Å². The molecule has 2 heteroatoms. The average molecular weight is 132 g/mol. The van der Waals surface area contributed by atoms with Crippen molar-refractivity contribution in [2.75, 3.05) is 0 Å².